The number of hydrogen-bond acceptors (Lipinski definition) is 3. The van der Waals surface area contributed by atoms with E-state index in [2.05, 4.69) is 17.1 Å². The molecule has 0 aromatic rings. The van der Waals surface area contributed by atoms with Crippen LogP contribution in [0.15, 0.2) is 0 Å². The lowest BCUT2D eigenvalue weighted by atomic mass is 10.1. The largest absolute Gasteiger partial charge is 0.353 e. The normalized spacial score (nSPS) is 19.9. The average Bonchev–Trinajstić information content (AvgIpc) is 2.21. The molecule has 3 N–H and O–H groups in total. The second-order valence-corrected chi connectivity index (χ2v) is 4.49. The predicted molar refractivity (Wildman–Crippen MR) is 68.8 cm³/mol. The van der Waals surface area contributed by atoms with Gasteiger partial charge in [0.15, 0.2) is 0 Å². The number of rotatable bonds is 4. The molecule has 0 aromatic heterocycles. The lowest BCUT2D eigenvalue weighted by Gasteiger charge is -2.29. The number of carbonyl (C=O) groups excluding carboxylic acids is 1. The number of piperidine rings is 1. The Kier molecular flexibility index (Phi) is 7.72. The van der Waals surface area contributed by atoms with Crippen molar-refractivity contribution < 1.29 is 4.79 Å². The molecule has 1 amide bonds. The summed E-state index contributed by atoms with van der Waals surface area (Å²) in [7, 11) is 0. The van der Waals surface area contributed by atoms with Gasteiger partial charge in [-0.05, 0) is 26.2 Å². The Hall–Kier alpha value is -0.320. The second kappa shape index (κ2) is 7.87. The molecule has 1 heterocycles. The Morgan fingerprint density at radius 1 is 1.50 bits per heavy atom. The predicted octanol–water partition coefficient (Wildman–Crippen LogP) is 0.746. The van der Waals surface area contributed by atoms with Gasteiger partial charge in [0.1, 0.15) is 0 Å². The molecule has 0 saturated carbocycles. The van der Waals surface area contributed by atoms with Gasteiger partial charge in [-0.3, -0.25) is 9.69 Å². The minimum atomic E-state index is 0. The summed E-state index contributed by atoms with van der Waals surface area (Å²) in [4.78, 5) is 13.8. The SMILES string of the molecule is CCC(C)NC(=O)CN1CCC(N)CC1.Cl. The Morgan fingerprint density at radius 3 is 2.56 bits per heavy atom. The average molecular weight is 250 g/mol. The van der Waals surface area contributed by atoms with E-state index in [0.717, 1.165) is 32.4 Å². The molecule has 0 radical (unpaired) electrons. The summed E-state index contributed by atoms with van der Waals surface area (Å²) in [6.07, 6.45) is 3.00. The summed E-state index contributed by atoms with van der Waals surface area (Å²) in [5, 5.41) is 2.98. The van der Waals surface area contributed by atoms with Gasteiger partial charge in [0.2, 0.25) is 5.91 Å². The molecule has 0 spiro atoms. The van der Waals surface area contributed by atoms with E-state index in [1.165, 1.54) is 0 Å². The Labute approximate surface area is 104 Å². The zero-order valence-electron chi connectivity index (χ0n) is 10.2. The van der Waals surface area contributed by atoms with Crippen LogP contribution >= 0.6 is 12.4 Å². The van der Waals surface area contributed by atoms with Crippen LogP contribution in [0, 0.1) is 0 Å². The number of nitrogens with two attached hydrogens (primary N) is 1. The molecule has 0 bridgehead atoms. The van der Waals surface area contributed by atoms with Crippen LogP contribution in [-0.2, 0) is 4.79 Å². The van der Waals surface area contributed by atoms with Gasteiger partial charge in [0.25, 0.3) is 0 Å². The van der Waals surface area contributed by atoms with Crippen LogP contribution in [0.5, 0.6) is 0 Å². The fraction of sp³-hybridized carbons (Fsp3) is 0.909. The summed E-state index contributed by atoms with van der Waals surface area (Å²) in [5.74, 6) is 0.139. The van der Waals surface area contributed by atoms with Gasteiger partial charge in [-0.25, -0.2) is 0 Å². The topological polar surface area (TPSA) is 58.4 Å². The molecule has 4 nitrogen and oxygen atoms in total. The quantitative estimate of drug-likeness (QED) is 0.773. The molecule has 0 aliphatic carbocycles. The smallest absolute Gasteiger partial charge is 0.234 e. The number of halogens is 1. The summed E-state index contributed by atoms with van der Waals surface area (Å²) in [6, 6.07) is 0.614. The van der Waals surface area contributed by atoms with Gasteiger partial charge in [-0.15, -0.1) is 12.4 Å². The lowest BCUT2D eigenvalue weighted by Crippen LogP contribution is -2.46. The molecular weight excluding hydrogens is 226 g/mol. The summed E-state index contributed by atoms with van der Waals surface area (Å²) in [5.41, 5.74) is 5.80. The van der Waals surface area contributed by atoms with E-state index < -0.39 is 0 Å². The zero-order valence-corrected chi connectivity index (χ0v) is 11.1. The summed E-state index contributed by atoms with van der Waals surface area (Å²) >= 11 is 0. The fourth-order valence-corrected chi connectivity index (χ4v) is 1.74. The molecule has 96 valence electrons. The lowest BCUT2D eigenvalue weighted by molar-refractivity contribution is -0.123. The summed E-state index contributed by atoms with van der Waals surface area (Å²) < 4.78 is 0. The molecule has 1 aliphatic rings. The van der Waals surface area contributed by atoms with Crippen LogP contribution in [0.3, 0.4) is 0 Å². The highest BCUT2D eigenvalue weighted by atomic mass is 35.5. The molecule has 1 atom stereocenters. The van der Waals surface area contributed by atoms with Gasteiger partial charge in [0.05, 0.1) is 6.54 Å². The van der Waals surface area contributed by atoms with Crippen molar-refractivity contribution in [3.63, 3.8) is 0 Å². The van der Waals surface area contributed by atoms with Crippen LogP contribution in [-0.4, -0.2) is 42.5 Å². The van der Waals surface area contributed by atoms with Crippen LogP contribution in [0.1, 0.15) is 33.1 Å². The van der Waals surface area contributed by atoms with Crippen molar-refractivity contribution in [1.82, 2.24) is 10.2 Å². The van der Waals surface area contributed by atoms with E-state index in [0.29, 0.717) is 12.6 Å². The van der Waals surface area contributed by atoms with E-state index in [1.54, 1.807) is 0 Å². The first-order valence-corrected chi connectivity index (χ1v) is 5.89. The van der Waals surface area contributed by atoms with Crippen molar-refractivity contribution in [3.05, 3.63) is 0 Å². The molecule has 1 unspecified atom stereocenters. The third-order valence-electron chi connectivity index (χ3n) is 3.02. The Balaban J connectivity index is 0.00000225. The second-order valence-electron chi connectivity index (χ2n) is 4.49. The minimum absolute atomic E-state index is 0. The number of carbonyl (C=O) groups is 1. The first-order valence-electron chi connectivity index (χ1n) is 5.89. The highest BCUT2D eigenvalue weighted by Gasteiger charge is 2.18. The number of nitrogens with one attached hydrogen (secondary N) is 1. The Bertz CT molecular complexity index is 205. The van der Waals surface area contributed by atoms with Gasteiger partial charge in [-0.1, -0.05) is 6.92 Å². The van der Waals surface area contributed by atoms with Crippen LogP contribution in [0.25, 0.3) is 0 Å². The van der Waals surface area contributed by atoms with Gasteiger partial charge in [0, 0.05) is 25.2 Å². The number of nitrogens with zero attached hydrogens (tertiary/aromatic N) is 1. The van der Waals surface area contributed by atoms with Crippen molar-refractivity contribution in [2.24, 2.45) is 5.73 Å². The molecular formula is C11H24ClN3O. The molecule has 0 aromatic carbocycles. The van der Waals surface area contributed by atoms with E-state index in [-0.39, 0.29) is 24.4 Å². The van der Waals surface area contributed by atoms with Crippen LogP contribution in [0.4, 0.5) is 0 Å². The minimum Gasteiger partial charge on any atom is -0.353 e. The number of likely N-dealkylation sites (tertiary alicyclic amines) is 1. The first-order chi connectivity index (χ1) is 7.11. The maximum absolute atomic E-state index is 11.6. The molecule has 1 fully saturated rings. The number of amides is 1. The molecule has 5 heteroatoms. The molecule has 1 aliphatic heterocycles. The monoisotopic (exact) mass is 249 g/mol. The van der Waals surface area contributed by atoms with Crippen LogP contribution < -0.4 is 11.1 Å². The van der Waals surface area contributed by atoms with E-state index in [4.69, 9.17) is 5.73 Å². The van der Waals surface area contributed by atoms with Crippen LogP contribution in [0.2, 0.25) is 0 Å². The third-order valence-corrected chi connectivity index (χ3v) is 3.02. The first kappa shape index (κ1) is 15.7. The van der Waals surface area contributed by atoms with Gasteiger partial charge in [-0.2, -0.15) is 0 Å². The number of hydrogen-bond donors (Lipinski definition) is 2. The summed E-state index contributed by atoms with van der Waals surface area (Å²) in [6.45, 7) is 6.54. The highest BCUT2D eigenvalue weighted by molar-refractivity contribution is 5.85. The van der Waals surface area contributed by atoms with E-state index in [1.807, 2.05) is 6.92 Å². The van der Waals surface area contributed by atoms with E-state index >= 15 is 0 Å². The molecule has 1 saturated heterocycles. The Morgan fingerprint density at radius 2 is 2.06 bits per heavy atom. The maximum Gasteiger partial charge on any atom is 0.234 e. The van der Waals surface area contributed by atoms with Crippen molar-refractivity contribution in [1.29, 1.82) is 0 Å². The van der Waals surface area contributed by atoms with Crippen molar-refractivity contribution in [2.45, 2.75) is 45.2 Å². The molecule has 16 heavy (non-hydrogen) atoms. The third kappa shape index (κ3) is 5.68. The standard InChI is InChI=1S/C11H23N3O.ClH/c1-3-9(2)13-11(15)8-14-6-4-10(12)5-7-14;/h9-10H,3-8,12H2,1-2H3,(H,13,15);1H. The van der Waals surface area contributed by atoms with Crippen molar-refractivity contribution in [3.8, 4) is 0 Å². The van der Waals surface area contributed by atoms with E-state index in [9.17, 15) is 4.79 Å². The maximum atomic E-state index is 11.6. The van der Waals surface area contributed by atoms with Crippen molar-refractivity contribution >= 4 is 18.3 Å². The van der Waals surface area contributed by atoms with Gasteiger partial charge < -0.3 is 11.1 Å². The van der Waals surface area contributed by atoms with Gasteiger partial charge >= 0.3 is 0 Å². The van der Waals surface area contributed by atoms with Crippen molar-refractivity contribution in [2.75, 3.05) is 19.6 Å². The molecule has 1 rings (SSSR count). The fourth-order valence-electron chi connectivity index (χ4n) is 1.74. The highest BCUT2D eigenvalue weighted by Crippen LogP contribution is 2.07. The zero-order chi connectivity index (χ0) is 11.3.